The van der Waals surface area contributed by atoms with Gasteiger partial charge in [-0.2, -0.15) is 13.2 Å². The minimum absolute atomic E-state index is 0.101. The number of nitrogens with zero attached hydrogens (tertiary/aromatic N) is 2. The van der Waals surface area contributed by atoms with Crippen LogP contribution in [0, 0.1) is 6.92 Å². The van der Waals surface area contributed by atoms with E-state index >= 15 is 0 Å². The average molecular weight is 427 g/mol. The Kier molecular flexibility index (Phi) is 4.62. The molecular formula is C23H20F3N3O2. The molecule has 4 heterocycles. The lowest BCUT2D eigenvalue weighted by atomic mass is 9.96. The molecule has 3 aromatic rings. The third kappa shape index (κ3) is 3.61. The maximum absolute atomic E-state index is 13.2. The van der Waals surface area contributed by atoms with E-state index in [1.807, 2.05) is 25.1 Å². The summed E-state index contributed by atoms with van der Waals surface area (Å²) in [5, 5.41) is 4.42. The van der Waals surface area contributed by atoms with Crippen LogP contribution >= 0.6 is 0 Å². The van der Waals surface area contributed by atoms with Gasteiger partial charge in [-0.05, 0) is 30.7 Å². The zero-order valence-corrected chi connectivity index (χ0v) is 16.7. The quantitative estimate of drug-likeness (QED) is 0.645. The van der Waals surface area contributed by atoms with Crippen LogP contribution in [0.1, 0.15) is 27.9 Å². The van der Waals surface area contributed by atoms with Gasteiger partial charge in [0, 0.05) is 42.2 Å². The predicted molar refractivity (Wildman–Crippen MR) is 110 cm³/mol. The van der Waals surface area contributed by atoms with E-state index in [0.29, 0.717) is 29.9 Å². The Morgan fingerprint density at radius 3 is 2.58 bits per heavy atom. The van der Waals surface area contributed by atoms with Crippen molar-refractivity contribution in [1.29, 1.82) is 0 Å². The molecule has 0 aliphatic carbocycles. The minimum Gasteiger partial charge on any atom is -0.371 e. The molecule has 2 unspecified atom stereocenters. The SMILES string of the molecule is Cc1cccc2c(Nc3cccc(C(F)(F)F)c3)ncc(C(=O)N3CC4CC(C3)O4)c12. The standard InChI is InChI=1S/C23H20F3N3O2/c1-13-4-2-7-18-20(13)19(22(30)29-11-16-9-17(12-29)31-16)10-27-21(18)28-15-6-3-5-14(8-15)23(24,25)26/h2-8,10,16-17H,9,11-12H2,1H3,(H,27,28). The molecule has 0 spiro atoms. The third-order valence-electron chi connectivity index (χ3n) is 5.85. The number of morpholine rings is 1. The van der Waals surface area contributed by atoms with Gasteiger partial charge in [0.05, 0.1) is 23.3 Å². The van der Waals surface area contributed by atoms with Crippen LogP contribution in [0.5, 0.6) is 0 Å². The number of rotatable bonds is 3. The van der Waals surface area contributed by atoms with E-state index in [1.54, 1.807) is 11.0 Å². The molecule has 31 heavy (non-hydrogen) atoms. The number of aryl methyl sites for hydroxylation is 1. The molecule has 1 aromatic heterocycles. The van der Waals surface area contributed by atoms with Crippen molar-refractivity contribution < 1.29 is 22.7 Å². The Balaban J connectivity index is 1.52. The van der Waals surface area contributed by atoms with Crippen molar-refractivity contribution in [3.63, 3.8) is 0 Å². The second-order valence-electron chi connectivity index (χ2n) is 8.05. The molecular weight excluding hydrogens is 407 g/mol. The molecule has 8 heteroatoms. The molecule has 0 saturated carbocycles. The molecule has 1 amide bonds. The van der Waals surface area contributed by atoms with Gasteiger partial charge in [-0.1, -0.05) is 24.3 Å². The van der Waals surface area contributed by atoms with Gasteiger partial charge in [0.25, 0.3) is 5.91 Å². The number of hydrogen-bond donors (Lipinski definition) is 1. The smallest absolute Gasteiger partial charge is 0.371 e. The molecule has 3 aliphatic heterocycles. The number of carbonyl (C=O) groups excluding carboxylic acids is 1. The summed E-state index contributed by atoms with van der Waals surface area (Å²) in [6.45, 7) is 3.03. The predicted octanol–water partition coefficient (Wildman–Crippen LogP) is 4.92. The van der Waals surface area contributed by atoms with E-state index in [2.05, 4.69) is 10.3 Å². The molecule has 2 aromatic carbocycles. The van der Waals surface area contributed by atoms with Crippen molar-refractivity contribution in [2.24, 2.45) is 0 Å². The maximum Gasteiger partial charge on any atom is 0.416 e. The number of hydrogen-bond acceptors (Lipinski definition) is 4. The molecule has 3 saturated heterocycles. The second kappa shape index (κ2) is 7.23. The first kappa shape index (κ1) is 19.8. The van der Waals surface area contributed by atoms with E-state index in [0.717, 1.165) is 29.5 Å². The van der Waals surface area contributed by atoms with Crippen molar-refractivity contribution in [3.05, 3.63) is 65.4 Å². The van der Waals surface area contributed by atoms with Gasteiger partial charge in [0.2, 0.25) is 0 Å². The topological polar surface area (TPSA) is 54.5 Å². The van der Waals surface area contributed by atoms with Gasteiger partial charge < -0.3 is 15.0 Å². The fourth-order valence-corrected chi connectivity index (χ4v) is 4.35. The summed E-state index contributed by atoms with van der Waals surface area (Å²) >= 11 is 0. The minimum atomic E-state index is -4.43. The highest BCUT2D eigenvalue weighted by atomic mass is 19.4. The Morgan fingerprint density at radius 1 is 1.16 bits per heavy atom. The van der Waals surface area contributed by atoms with Gasteiger partial charge in [-0.15, -0.1) is 0 Å². The lowest BCUT2D eigenvalue weighted by Crippen LogP contribution is -2.58. The summed E-state index contributed by atoms with van der Waals surface area (Å²) in [5.41, 5.74) is 0.922. The number of anilines is 2. The first-order valence-electron chi connectivity index (χ1n) is 10.1. The summed E-state index contributed by atoms with van der Waals surface area (Å²) < 4.78 is 44.8. The fourth-order valence-electron chi connectivity index (χ4n) is 4.35. The summed E-state index contributed by atoms with van der Waals surface area (Å²) in [6, 6.07) is 10.5. The molecule has 3 aliphatic rings. The number of ether oxygens (including phenoxy) is 1. The molecule has 5 nitrogen and oxygen atoms in total. The van der Waals surface area contributed by atoms with Crippen LogP contribution in [-0.2, 0) is 10.9 Å². The summed E-state index contributed by atoms with van der Waals surface area (Å²) in [6.07, 6.45) is -1.73. The fraction of sp³-hybridized carbons (Fsp3) is 0.304. The van der Waals surface area contributed by atoms with E-state index in [1.165, 1.54) is 12.3 Å². The van der Waals surface area contributed by atoms with Crippen LogP contribution in [0.25, 0.3) is 10.8 Å². The molecule has 6 rings (SSSR count). The Morgan fingerprint density at radius 2 is 1.87 bits per heavy atom. The van der Waals surface area contributed by atoms with Gasteiger partial charge in [-0.25, -0.2) is 4.98 Å². The number of fused-ring (bicyclic) bond motifs is 3. The molecule has 1 N–H and O–H groups in total. The van der Waals surface area contributed by atoms with Gasteiger partial charge in [0.15, 0.2) is 0 Å². The lowest BCUT2D eigenvalue weighted by molar-refractivity contribution is -0.171. The highest BCUT2D eigenvalue weighted by molar-refractivity contribution is 6.10. The van der Waals surface area contributed by atoms with Crippen molar-refractivity contribution in [1.82, 2.24) is 9.88 Å². The molecule has 3 fully saturated rings. The lowest BCUT2D eigenvalue weighted by Gasteiger charge is -2.47. The largest absolute Gasteiger partial charge is 0.416 e. The van der Waals surface area contributed by atoms with Crippen molar-refractivity contribution in [3.8, 4) is 0 Å². The Labute approximate surface area is 176 Å². The Hall–Kier alpha value is -3.13. The first-order valence-corrected chi connectivity index (χ1v) is 10.1. The number of aromatic nitrogens is 1. The van der Waals surface area contributed by atoms with Crippen molar-refractivity contribution in [2.75, 3.05) is 18.4 Å². The van der Waals surface area contributed by atoms with Gasteiger partial charge in [-0.3, -0.25) is 4.79 Å². The highest BCUT2D eigenvalue weighted by Crippen LogP contribution is 2.35. The van der Waals surface area contributed by atoms with E-state index in [-0.39, 0.29) is 23.8 Å². The number of piperidine rings is 1. The Bertz CT molecular complexity index is 1160. The zero-order valence-electron chi connectivity index (χ0n) is 16.7. The van der Waals surface area contributed by atoms with Crippen LogP contribution < -0.4 is 5.32 Å². The summed E-state index contributed by atoms with van der Waals surface area (Å²) in [5.74, 6) is 0.301. The number of pyridine rings is 1. The van der Waals surface area contributed by atoms with Crippen LogP contribution in [0.4, 0.5) is 24.7 Å². The third-order valence-corrected chi connectivity index (χ3v) is 5.85. The summed E-state index contributed by atoms with van der Waals surface area (Å²) in [4.78, 5) is 19.4. The van der Waals surface area contributed by atoms with Crippen LogP contribution in [0.3, 0.4) is 0 Å². The van der Waals surface area contributed by atoms with Gasteiger partial charge >= 0.3 is 6.18 Å². The number of nitrogens with one attached hydrogen (secondary N) is 1. The number of benzene rings is 2. The molecule has 0 radical (unpaired) electrons. The number of amides is 1. The van der Waals surface area contributed by atoms with E-state index < -0.39 is 11.7 Å². The normalized spacial score (nSPS) is 20.5. The molecule has 2 atom stereocenters. The van der Waals surface area contributed by atoms with E-state index in [4.69, 9.17) is 4.74 Å². The average Bonchev–Trinajstić information content (AvgIpc) is 2.73. The van der Waals surface area contributed by atoms with E-state index in [9.17, 15) is 18.0 Å². The maximum atomic E-state index is 13.2. The molecule has 2 bridgehead atoms. The first-order chi connectivity index (χ1) is 14.8. The highest BCUT2D eigenvalue weighted by Gasteiger charge is 2.40. The number of carbonyl (C=O) groups is 1. The summed E-state index contributed by atoms with van der Waals surface area (Å²) in [7, 11) is 0. The number of halogens is 3. The molecule has 160 valence electrons. The van der Waals surface area contributed by atoms with Gasteiger partial charge in [0.1, 0.15) is 5.82 Å². The van der Waals surface area contributed by atoms with Crippen molar-refractivity contribution in [2.45, 2.75) is 31.7 Å². The van der Waals surface area contributed by atoms with Crippen LogP contribution in [0.2, 0.25) is 0 Å². The van der Waals surface area contributed by atoms with Crippen LogP contribution in [0.15, 0.2) is 48.7 Å². The second-order valence-corrected chi connectivity index (χ2v) is 8.05. The zero-order chi connectivity index (χ0) is 21.8. The van der Waals surface area contributed by atoms with Crippen molar-refractivity contribution >= 4 is 28.2 Å². The number of alkyl halides is 3. The van der Waals surface area contributed by atoms with Crippen LogP contribution in [-0.4, -0.2) is 41.1 Å². The monoisotopic (exact) mass is 427 g/mol.